The lowest BCUT2D eigenvalue weighted by Crippen LogP contribution is -2.28. The van der Waals surface area contributed by atoms with E-state index in [-0.39, 0.29) is 11.8 Å². The smallest absolute Gasteiger partial charge is 0.222 e. The number of amides is 1. The summed E-state index contributed by atoms with van der Waals surface area (Å²) in [6, 6.07) is 5.95. The van der Waals surface area contributed by atoms with E-state index >= 15 is 0 Å². The molecule has 0 spiro atoms. The summed E-state index contributed by atoms with van der Waals surface area (Å²) < 4.78 is 0. The van der Waals surface area contributed by atoms with Gasteiger partial charge < -0.3 is 16.0 Å². The molecule has 1 aliphatic heterocycles. The standard InChI is InChI=1S/C15H22ClN3O/c1-2-7-18-9-11-4-3-5-13(16)14(11)19-8-6-12(10-19)15(17)20/h3-5,12,18H,2,6-10H2,1H3,(H2,17,20). The lowest BCUT2D eigenvalue weighted by atomic mass is 10.1. The third-order valence-corrected chi connectivity index (χ3v) is 4.02. The first-order valence-electron chi connectivity index (χ1n) is 7.15. The Bertz CT molecular complexity index is 478. The molecule has 110 valence electrons. The fraction of sp³-hybridized carbons (Fsp3) is 0.533. The fourth-order valence-corrected chi connectivity index (χ4v) is 2.97. The van der Waals surface area contributed by atoms with Crippen molar-refractivity contribution in [2.24, 2.45) is 11.7 Å². The second-order valence-corrected chi connectivity index (χ2v) is 5.67. The molecule has 0 aromatic heterocycles. The molecule has 1 saturated heterocycles. The van der Waals surface area contributed by atoms with Crippen molar-refractivity contribution in [2.45, 2.75) is 26.3 Å². The molecule has 4 nitrogen and oxygen atoms in total. The van der Waals surface area contributed by atoms with Crippen molar-refractivity contribution in [1.82, 2.24) is 5.32 Å². The minimum atomic E-state index is -0.217. The summed E-state index contributed by atoms with van der Waals surface area (Å²) in [5.41, 5.74) is 7.62. The highest BCUT2D eigenvalue weighted by Gasteiger charge is 2.28. The lowest BCUT2D eigenvalue weighted by molar-refractivity contribution is -0.121. The predicted octanol–water partition coefficient (Wildman–Crippen LogP) is 2.15. The van der Waals surface area contributed by atoms with Crippen LogP contribution in [0.5, 0.6) is 0 Å². The Balaban J connectivity index is 2.15. The Labute approximate surface area is 125 Å². The summed E-state index contributed by atoms with van der Waals surface area (Å²) in [5.74, 6) is -0.284. The van der Waals surface area contributed by atoms with Crippen LogP contribution in [-0.4, -0.2) is 25.5 Å². The van der Waals surface area contributed by atoms with Crippen molar-refractivity contribution < 1.29 is 4.79 Å². The van der Waals surface area contributed by atoms with Gasteiger partial charge in [-0.15, -0.1) is 0 Å². The van der Waals surface area contributed by atoms with Gasteiger partial charge in [0.05, 0.1) is 16.6 Å². The number of benzene rings is 1. The molecule has 1 aromatic rings. The molecule has 2 rings (SSSR count). The molecular formula is C15H22ClN3O. The summed E-state index contributed by atoms with van der Waals surface area (Å²) in [5, 5.41) is 4.14. The minimum Gasteiger partial charge on any atom is -0.369 e. The first-order chi connectivity index (χ1) is 9.63. The van der Waals surface area contributed by atoms with Gasteiger partial charge in [0.1, 0.15) is 0 Å². The molecule has 3 N–H and O–H groups in total. The predicted molar refractivity (Wildman–Crippen MR) is 83.0 cm³/mol. The van der Waals surface area contributed by atoms with Crippen molar-refractivity contribution in [3.63, 3.8) is 0 Å². The molecule has 1 atom stereocenters. The number of primary amides is 1. The van der Waals surface area contributed by atoms with Gasteiger partial charge in [0.25, 0.3) is 0 Å². The molecule has 5 heteroatoms. The van der Waals surface area contributed by atoms with Gasteiger partial charge in [0.15, 0.2) is 0 Å². The van der Waals surface area contributed by atoms with Gasteiger partial charge in [0, 0.05) is 19.6 Å². The number of anilines is 1. The summed E-state index contributed by atoms with van der Waals surface area (Å²) in [6.07, 6.45) is 1.91. The normalized spacial score (nSPS) is 18.5. The summed E-state index contributed by atoms with van der Waals surface area (Å²) in [6.45, 7) is 5.42. The Kier molecular flexibility index (Phi) is 5.26. The van der Waals surface area contributed by atoms with Gasteiger partial charge in [-0.2, -0.15) is 0 Å². The monoisotopic (exact) mass is 295 g/mol. The van der Waals surface area contributed by atoms with E-state index in [1.807, 2.05) is 12.1 Å². The first kappa shape index (κ1) is 15.1. The number of nitrogens with two attached hydrogens (primary N) is 1. The number of para-hydroxylation sites is 1. The molecule has 0 radical (unpaired) electrons. The molecular weight excluding hydrogens is 274 g/mol. The SMILES string of the molecule is CCCNCc1cccc(Cl)c1N1CCC(C(N)=O)C1. The maximum atomic E-state index is 11.3. The number of hydrogen-bond donors (Lipinski definition) is 2. The molecule has 1 fully saturated rings. The fourth-order valence-electron chi connectivity index (χ4n) is 2.65. The number of carbonyl (C=O) groups excluding carboxylic acids is 1. The van der Waals surface area contributed by atoms with Gasteiger partial charge >= 0.3 is 0 Å². The highest BCUT2D eigenvalue weighted by atomic mass is 35.5. The van der Waals surface area contributed by atoms with Crippen LogP contribution in [0.1, 0.15) is 25.3 Å². The molecule has 0 bridgehead atoms. The molecule has 1 heterocycles. The third kappa shape index (κ3) is 3.44. The second kappa shape index (κ2) is 6.95. The van der Waals surface area contributed by atoms with Crippen LogP contribution < -0.4 is 16.0 Å². The Morgan fingerprint density at radius 1 is 1.55 bits per heavy atom. The molecule has 1 unspecified atom stereocenters. The molecule has 0 aliphatic carbocycles. The van der Waals surface area contributed by atoms with E-state index in [0.717, 1.165) is 43.2 Å². The number of nitrogens with one attached hydrogen (secondary N) is 1. The average molecular weight is 296 g/mol. The van der Waals surface area contributed by atoms with Gasteiger partial charge in [-0.25, -0.2) is 0 Å². The number of carbonyl (C=O) groups is 1. The van der Waals surface area contributed by atoms with Crippen molar-refractivity contribution in [1.29, 1.82) is 0 Å². The van der Waals surface area contributed by atoms with Crippen LogP contribution in [0.25, 0.3) is 0 Å². The first-order valence-corrected chi connectivity index (χ1v) is 7.53. The van der Waals surface area contributed by atoms with Crippen molar-refractivity contribution in [3.8, 4) is 0 Å². The van der Waals surface area contributed by atoms with Crippen molar-refractivity contribution in [3.05, 3.63) is 28.8 Å². The van der Waals surface area contributed by atoms with Crippen molar-refractivity contribution >= 4 is 23.2 Å². The Morgan fingerprint density at radius 3 is 3.00 bits per heavy atom. The third-order valence-electron chi connectivity index (χ3n) is 3.72. The van der Waals surface area contributed by atoms with Crippen LogP contribution in [-0.2, 0) is 11.3 Å². The largest absolute Gasteiger partial charge is 0.369 e. The molecule has 1 aromatic carbocycles. The maximum Gasteiger partial charge on any atom is 0.222 e. The van der Waals surface area contributed by atoms with E-state index in [1.54, 1.807) is 0 Å². The highest BCUT2D eigenvalue weighted by Crippen LogP contribution is 2.33. The molecule has 20 heavy (non-hydrogen) atoms. The molecule has 1 amide bonds. The van der Waals surface area contributed by atoms with Crippen LogP contribution in [0.3, 0.4) is 0 Å². The van der Waals surface area contributed by atoms with E-state index in [1.165, 1.54) is 5.56 Å². The van der Waals surface area contributed by atoms with E-state index in [9.17, 15) is 4.79 Å². The number of hydrogen-bond acceptors (Lipinski definition) is 3. The van der Waals surface area contributed by atoms with E-state index < -0.39 is 0 Å². The summed E-state index contributed by atoms with van der Waals surface area (Å²) in [4.78, 5) is 13.5. The van der Waals surface area contributed by atoms with Gasteiger partial charge in [-0.1, -0.05) is 30.7 Å². The van der Waals surface area contributed by atoms with Crippen molar-refractivity contribution in [2.75, 3.05) is 24.5 Å². The number of nitrogens with zero attached hydrogens (tertiary/aromatic N) is 1. The van der Waals surface area contributed by atoms with Crippen LogP contribution in [0, 0.1) is 5.92 Å². The zero-order valence-corrected chi connectivity index (χ0v) is 12.6. The van der Waals surface area contributed by atoms with Gasteiger partial charge in [-0.3, -0.25) is 4.79 Å². The summed E-state index contributed by atoms with van der Waals surface area (Å²) in [7, 11) is 0. The zero-order chi connectivity index (χ0) is 14.5. The number of rotatable bonds is 6. The number of halogens is 1. The zero-order valence-electron chi connectivity index (χ0n) is 11.9. The van der Waals surface area contributed by atoms with Gasteiger partial charge in [0.2, 0.25) is 5.91 Å². The second-order valence-electron chi connectivity index (χ2n) is 5.26. The van der Waals surface area contributed by atoms with E-state index in [0.29, 0.717) is 6.54 Å². The van der Waals surface area contributed by atoms with Crippen LogP contribution in [0.15, 0.2) is 18.2 Å². The highest BCUT2D eigenvalue weighted by molar-refractivity contribution is 6.33. The van der Waals surface area contributed by atoms with Gasteiger partial charge in [-0.05, 0) is 31.0 Å². The Morgan fingerprint density at radius 2 is 2.35 bits per heavy atom. The van der Waals surface area contributed by atoms with Crippen LogP contribution >= 0.6 is 11.6 Å². The topological polar surface area (TPSA) is 58.4 Å². The average Bonchev–Trinajstić information content (AvgIpc) is 2.88. The van der Waals surface area contributed by atoms with Crippen LogP contribution in [0.2, 0.25) is 5.02 Å². The Hall–Kier alpha value is -1.26. The van der Waals surface area contributed by atoms with E-state index in [2.05, 4.69) is 23.2 Å². The quantitative estimate of drug-likeness (QED) is 0.791. The maximum absolute atomic E-state index is 11.3. The summed E-state index contributed by atoms with van der Waals surface area (Å²) >= 11 is 6.36. The molecule has 1 aliphatic rings. The van der Waals surface area contributed by atoms with Crippen LogP contribution in [0.4, 0.5) is 5.69 Å². The van der Waals surface area contributed by atoms with E-state index in [4.69, 9.17) is 17.3 Å². The minimum absolute atomic E-state index is 0.0669. The molecule has 0 saturated carbocycles. The lowest BCUT2D eigenvalue weighted by Gasteiger charge is -2.23.